The number of likely N-dealkylation sites (N-methyl/N-ethyl adjacent to an activating group) is 1. The van der Waals surface area contributed by atoms with Gasteiger partial charge in [0.2, 0.25) is 0 Å². The minimum Gasteiger partial charge on any atom is -0.490 e. The van der Waals surface area contributed by atoms with Gasteiger partial charge in [-0.3, -0.25) is 14.2 Å². The minimum atomic E-state index is -0.142. The fraction of sp³-hybridized carbons (Fsp3) is 0.348. The van der Waals surface area contributed by atoms with E-state index in [4.69, 9.17) is 21.3 Å². The molecule has 1 aliphatic heterocycles. The largest absolute Gasteiger partial charge is 0.490 e. The highest BCUT2D eigenvalue weighted by atomic mass is 35.5. The zero-order valence-corrected chi connectivity index (χ0v) is 17.7. The monoisotopic (exact) mass is 425 g/mol. The molecule has 0 spiro atoms. The smallest absolute Gasteiger partial charge is 0.261 e. The van der Waals surface area contributed by atoms with Gasteiger partial charge in [0.25, 0.3) is 11.5 Å². The topological polar surface area (TPSA) is 64.4 Å². The first kappa shape index (κ1) is 20.4. The summed E-state index contributed by atoms with van der Waals surface area (Å²) in [4.78, 5) is 32.0. The molecule has 0 bridgehead atoms. The van der Waals surface area contributed by atoms with Crippen molar-refractivity contribution in [3.8, 4) is 5.75 Å². The molecular formula is C23H24ClN3O3. The molecule has 0 radical (unpaired) electrons. The number of para-hydroxylation sites is 1. The molecule has 3 aromatic rings. The fourth-order valence-corrected chi connectivity index (χ4v) is 3.92. The summed E-state index contributed by atoms with van der Waals surface area (Å²) in [6.07, 6.45) is 3.93. The van der Waals surface area contributed by atoms with Crippen LogP contribution in [0, 0.1) is 0 Å². The number of fused-ring (bicyclic) bond motifs is 2. The van der Waals surface area contributed by atoms with Crippen LogP contribution in [-0.2, 0) is 13.0 Å². The Labute approximate surface area is 180 Å². The number of benzene rings is 2. The highest BCUT2D eigenvalue weighted by Gasteiger charge is 2.17. The summed E-state index contributed by atoms with van der Waals surface area (Å²) in [5.41, 5.74) is 1.07. The summed E-state index contributed by atoms with van der Waals surface area (Å²) in [5, 5.41) is 1.10. The maximum absolute atomic E-state index is 12.9. The van der Waals surface area contributed by atoms with Gasteiger partial charge in [0.05, 0.1) is 22.5 Å². The van der Waals surface area contributed by atoms with Crippen LogP contribution in [-0.4, -0.2) is 40.6 Å². The van der Waals surface area contributed by atoms with Crippen LogP contribution in [0.25, 0.3) is 10.9 Å². The Morgan fingerprint density at radius 3 is 2.87 bits per heavy atom. The van der Waals surface area contributed by atoms with Crippen LogP contribution in [0.2, 0.25) is 5.02 Å². The van der Waals surface area contributed by atoms with Crippen molar-refractivity contribution in [2.24, 2.45) is 0 Å². The highest BCUT2D eigenvalue weighted by Crippen LogP contribution is 2.23. The quantitative estimate of drug-likeness (QED) is 0.621. The van der Waals surface area contributed by atoms with Crippen molar-refractivity contribution in [2.45, 2.75) is 32.2 Å². The van der Waals surface area contributed by atoms with E-state index in [1.54, 1.807) is 46.8 Å². The molecular weight excluding hydrogens is 402 g/mol. The molecule has 7 heteroatoms. The number of hydrogen-bond donors (Lipinski definition) is 0. The minimum absolute atomic E-state index is 0.0163. The third kappa shape index (κ3) is 4.19. The standard InChI is InChI=1S/C23H24ClN3O3/c1-26(13-14-30-20-8-5-4-7-18(20)24)22(28)16-10-11-17-19(15-16)25-21-9-3-2-6-12-27(21)23(17)29/h4-5,7-8,10-11,15H,2-3,6,9,12-14H2,1H3. The maximum atomic E-state index is 12.9. The van der Waals surface area contributed by atoms with E-state index in [0.717, 1.165) is 31.5 Å². The Kier molecular flexibility index (Phi) is 6.04. The fourth-order valence-electron chi connectivity index (χ4n) is 3.73. The van der Waals surface area contributed by atoms with E-state index < -0.39 is 0 Å². The van der Waals surface area contributed by atoms with Crippen molar-refractivity contribution in [1.29, 1.82) is 0 Å². The van der Waals surface area contributed by atoms with Gasteiger partial charge in [0.15, 0.2) is 0 Å². The van der Waals surface area contributed by atoms with Gasteiger partial charge in [-0.05, 0) is 43.2 Å². The van der Waals surface area contributed by atoms with Crippen molar-refractivity contribution >= 4 is 28.4 Å². The first-order valence-corrected chi connectivity index (χ1v) is 10.6. The molecule has 0 fully saturated rings. The zero-order valence-electron chi connectivity index (χ0n) is 16.9. The predicted octanol–water partition coefficient (Wildman–Crippen LogP) is 3.93. The van der Waals surface area contributed by atoms with Gasteiger partial charge in [-0.15, -0.1) is 0 Å². The lowest BCUT2D eigenvalue weighted by atomic mass is 10.1. The summed E-state index contributed by atoms with van der Waals surface area (Å²) in [5.74, 6) is 1.27. The molecule has 0 unspecified atom stereocenters. The summed E-state index contributed by atoms with van der Waals surface area (Å²) >= 11 is 6.09. The van der Waals surface area contributed by atoms with E-state index >= 15 is 0 Å². The van der Waals surface area contributed by atoms with Crippen LogP contribution < -0.4 is 10.3 Å². The van der Waals surface area contributed by atoms with Gasteiger partial charge in [-0.1, -0.05) is 30.2 Å². The van der Waals surface area contributed by atoms with E-state index in [2.05, 4.69) is 0 Å². The predicted molar refractivity (Wildman–Crippen MR) is 117 cm³/mol. The molecule has 0 saturated carbocycles. The van der Waals surface area contributed by atoms with Crippen LogP contribution in [0.4, 0.5) is 0 Å². The summed E-state index contributed by atoms with van der Waals surface area (Å²) < 4.78 is 7.46. The van der Waals surface area contributed by atoms with Crippen molar-refractivity contribution < 1.29 is 9.53 Å². The molecule has 6 nitrogen and oxygen atoms in total. The summed E-state index contributed by atoms with van der Waals surface area (Å²) in [7, 11) is 1.72. The molecule has 2 heterocycles. The molecule has 0 saturated heterocycles. The highest BCUT2D eigenvalue weighted by molar-refractivity contribution is 6.32. The molecule has 2 aromatic carbocycles. The van der Waals surface area contributed by atoms with Crippen molar-refractivity contribution in [2.75, 3.05) is 20.2 Å². The Morgan fingerprint density at radius 1 is 1.20 bits per heavy atom. The number of carbonyl (C=O) groups is 1. The van der Waals surface area contributed by atoms with Gasteiger partial charge >= 0.3 is 0 Å². The molecule has 0 atom stereocenters. The van der Waals surface area contributed by atoms with Gasteiger partial charge in [0.1, 0.15) is 18.2 Å². The van der Waals surface area contributed by atoms with Gasteiger partial charge in [0, 0.05) is 25.6 Å². The van der Waals surface area contributed by atoms with Gasteiger partial charge < -0.3 is 9.64 Å². The lowest BCUT2D eigenvalue weighted by molar-refractivity contribution is 0.0774. The maximum Gasteiger partial charge on any atom is 0.261 e. The third-order valence-corrected chi connectivity index (χ3v) is 5.74. The van der Waals surface area contributed by atoms with E-state index in [1.165, 1.54) is 0 Å². The second-order valence-electron chi connectivity index (χ2n) is 7.53. The Morgan fingerprint density at radius 2 is 2.03 bits per heavy atom. The van der Waals surface area contributed by atoms with Gasteiger partial charge in [-0.25, -0.2) is 4.98 Å². The lowest BCUT2D eigenvalue weighted by Crippen LogP contribution is -2.31. The summed E-state index contributed by atoms with van der Waals surface area (Å²) in [6.45, 7) is 1.45. The average molecular weight is 426 g/mol. The van der Waals surface area contributed by atoms with E-state index in [1.807, 2.05) is 12.1 Å². The van der Waals surface area contributed by atoms with Crippen LogP contribution >= 0.6 is 11.6 Å². The molecule has 1 amide bonds. The lowest BCUT2D eigenvalue weighted by Gasteiger charge is -2.18. The number of aryl methyl sites for hydroxylation is 1. The molecule has 0 N–H and O–H groups in total. The van der Waals surface area contributed by atoms with Crippen molar-refractivity contribution in [3.05, 3.63) is 69.2 Å². The first-order chi connectivity index (χ1) is 14.5. The van der Waals surface area contributed by atoms with Gasteiger partial charge in [-0.2, -0.15) is 0 Å². The molecule has 4 rings (SSSR count). The molecule has 1 aromatic heterocycles. The molecule has 156 valence electrons. The number of halogens is 1. The van der Waals surface area contributed by atoms with E-state index in [0.29, 0.717) is 46.9 Å². The molecule has 0 aliphatic carbocycles. The normalized spacial score (nSPS) is 13.5. The van der Waals surface area contributed by atoms with E-state index in [-0.39, 0.29) is 11.5 Å². The number of ether oxygens (including phenoxy) is 1. The van der Waals surface area contributed by atoms with E-state index in [9.17, 15) is 9.59 Å². The molecule has 1 aliphatic rings. The number of rotatable bonds is 5. The summed E-state index contributed by atoms with van der Waals surface area (Å²) in [6, 6.07) is 12.4. The number of carbonyl (C=O) groups excluding carboxylic acids is 1. The van der Waals surface area contributed by atoms with Crippen molar-refractivity contribution in [1.82, 2.24) is 14.5 Å². The SMILES string of the molecule is CN(CCOc1ccccc1Cl)C(=O)c1ccc2c(=O)n3c(nc2c1)CCCCC3. The number of hydrogen-bond acceptors (Lipinski definition) is 4. The second-order valence-corrected chi connectivity index (χ2v) is 7.94. The Balaban J connectivity index is 1.50. The van der Waals surface area contributed by atoms with Crippen LogP contribution in [0.1, 0.15) is 35.4 Å². The number of amides is 1. The Hall–Kier alpha value is -2.86. The number of nitrogens with zero attached hydrogens (tertiary/aromatic N) is 3. The zero-order chi connectivity index (χ0) is 21.1. The first-order valence-electron chi connectivity index (χ1n) is 10.2. The third-order valence-electron chi connectivity index (χ3n) is 5.43. The number of aromatic nitrogens is 2. The Bertz CT molecular complexity index is 1140. The average Bonchev–Trinajstić information content (AvgIpc) is 3.00. The van der Waals surface area contributed by atoms with Crippen molar-refractivity contribution in [3.63, 3.8) is 0 Å². The molecule has 30 heavy (non-hydrogen) atoms. The van der Waals surface area contributed by atoms with Crippen LogP contribution in [0.5, 0.6) is 5.75 Å². The van der Waals surface area contributed by atoms with Crippen LogP contribution in [0.15, 0.2) is 47.3 Å². The van der Waals surface area contributed by atoms with Crippen LogP contribution in [0.3, 0.4) is 0 Å². The second kappa shape index (κ2) is 8.88.